The lowest BCUT2D eigenvalue weighted by Crippen LogP contribution is -2.43. The Morgan fingerprint density at radius 2 is 2.05 bits per heavy atom. The summed E-state index contributed by atoms with van der Waals surface area (Å²) < 4.78 is 27.3. The molecule has 2 aromatic heterocycles. The number of hydrogen-bond acceptors (Lipinski definition) is 10. The van der Waals surface area contributed by atoms with Crippen LogP contribution < -0.4 is 16.0 Å². The van der Waals surface area contributed by atoms with Crippen molar-refractivity contribution in [2.24, 2.45) is 0 Å². The van der Waals surface area contributed by atoms with Crippen LogP contribution >= 0.6 is 0 Å². The van der Waals surface area contributed by atoms with Crippen molar-refractivity contribution in [2.75, 3.05) is 48.8 Å². The van der Waals surface area contributed by atoms with Gasteiger partial charge in [-0.3, -0.25) is 14.3 Å². The monoisotopic (exact) mass is 594 g/mol. The van der Waals surface area contributed by atoms with Crippen molar-refractivity contribution in [1.82, 2.24) is 24.4 Å². The number of anilines is 3. The number of fused-ring (bicyclic) bond motifs is 1. The van der Waals surface area contributed by atoms with Crippen LogP contribution in [0, 0.1) is 5.82 Å². The summed E-state index contributed by atoms with van der Waals surface area (Å²) in [6.45, 7) is 10.1. The number of nitrogens with zero attached hydrogens (tertiary/aromatic N) is 5. The summed E-state index contributed by atoms with van der Waals surface area (Å²) in [5, 5.41) is 9.48. The molecule has 2 aliphatic heterocycles. The van der Waals surface area contributed by atoms with E-state index in [0.717, 1.165) is 38.6 Å². The van der Waals surface area contributed by atoms with E-state index in [1.54, 1.807) is 26.2 Å². The van der Waals surface area contributed by atoms with Gasteiger partial charge in [-0.15, -0.1) is 0 Å². The minimum atomic E-state index is -0.681. The van der Waals surface area contributed by atoms with Crippen LogP contribution in [0.2, 0.25) is 0 Å². The van der Waals surface area contributed by atoms with Gasteiger partial charge in [0.15, 0.2) is 17.0 Å². The Bertz CT molecular complexity index is 1460. The van der Waals surface area contributed by atoms with Crippen LogP contribution in [0.3, 0.4) is 0 Å². The van der Waals surface area contributed by atoms with Crippen molar-refractivity contribution in [3.8, 4) is 0 Å². The zero-order valence-corrected chi connectivity index (χ0v) is 24.6. The van der Waals surface area contributed by atoms with Crippen molar-refractivity contribution in [3.63, 3.8) is 0 Å². The molecule has 4 heterocycles. The Labute approximate surface area is 250 Å². The molecule has 0 spiro atoms. The molecule has 1 unspecified atom stereocenters. The molecule has 2 aliphatic rings. The number of amides is 1. The molecule has 12 nitrogen and oxygen atoms in total. The second kappa shape index (κ2) is 13.9. The van der Waals surface area contributed by atoms with Gasteiger partial charge in [0, 0.05) is 31.3 Å². The summed E-state index contributed by atoms with van der Waals surface area (Å²) in [7, 11) is 0. The quantitative estimate of drug-likeness (QED) is 0.220. The van der Waals surface area contributed by atoms with E-state index in [1.807, 2.05) is 4.57 Å². The van der Waals surface area contributed by atoms with E-state index in [-0.39, 0.29) is 24.8 Å². The van der Waals surface area contributed by atoms with Gasteiger partial charge in [-0.05, 0) is 70.7 Å². The van der Waals surface area contributed by atoms with Crippen LogP contribution in [0.25, 0.3) is 11.2 Å². The summed E-state index contributed by atoms with van der Waals surface area (Å²) in [6, 6.07) is 3.59. The lowest BCUT2D eigenvalue weighted by Gasteiger charge is -2.34. The third-order valence-electron chi connectivity index (χ3n) is 7.66. The largest absolute Gasteiger partial charge is 0.461 e. The highest BCUT2D eigenvalue weighted by molar-refractivity contribution is 5.99. The summed E-state index contributed by atoms with van der Waals surface area (Å²) >= 11 is 0. The molecule has 3 N–H and O–H groups in total. The molecule has 1 aromatic carbocycles. The first kappa shape index (κ1) is 30.4. The molecule has 2 saturated heterocycles. The molecular weight excluding hydrogens is 555 g/mol. The lowest BCUT2D eigenvalue weighted by atomic mass is 10.0. The van der Waals surface area contributed by atoms with Gasteiger partial charge in [0.25, 0.3) is 0 Å². The smallest absolute Gasteiger partial charge is 0.333 e. The number of carbonyl (C=O) groups excluding carboxylic acids is 2. The van der Waals surface area contributed by atoms with Crippen molar-refractivity contribution in [1.29, 1.82) is 0 Å². The van der Waals surface area contributed by atoms with Crippen LogP contribution in [-0.4, -0.2) is 81.2 Å². The predicted molar refractivity (Wildman–Crippen MR) is 161 cm³/mol. The topological polar surface area (TPSA) is 136 Å². The average Bonchev–Trinajstić information content (AvgIpc) is 3.44. The zero-order valence-electron chi connectivity index (χ0n) is 24.6. The van der Waals surface area contributed by atoms with Crippen molar-refractivity contribution in [2.45, 2.75) is 64.3 Å². The SMILES string of the molecule is C=C(C)C(=O)OCCN1CCC[C@H](Nc2cc(F)ccc2NC(=O)[C@H](C)Nc2ncnc3c2ncn3C2CCCCO2)C1. The molecule has 0 radical (unpaired) electrons. The van der Waals surface area contributed by atoms with E-state index in [1.165, 1.54) is 18.5 Å². The molecular formula is C30H39FN8O4. The molecule has 13 heteroatoms. The minimum absolute atomic E-state index is 0.0242. The number of aromatic nitrogens is 4. The van der Waals surface area contributed by atoms with E-state index < -0.39 is 17.8 Å². The molecule has 1 amide bonds. The Hall–Kier alpha value is -4.10. The van der Waals surface area contributed by atoms with Gasteiger partial charge in [0.2, 0.25) is 5.91 Å². The first-order chi connectivity index (χ1) is 20.8. The van der Waals surface area contributed by atoms with E-state index in [0.29, 0.717) is 53.6 Å². The summed E-state index contributed by atoms with van der Waals surface area (Å²) in [5.74, 6) is -0.688. The second-order valence-electron chi connectivity index (χ2n) is 11.1. The van der Waals surface area contributed by atoms with Gasteiger partial charge in [0.05, 0.1) is 17.7 Å². The van der Waals surface area contributed by atoms with Gasteiger partial charge in [-0.1, -0.05) is 6.58 Å². The summed E-state index contributed by atoms with van der Waals surface area (Å²) in [5.41, 5.74) is 2.53. The second-order valence-corrected chi connectivity index (χ2v) is 11.1. The minimum Gasteiger partial charge on any atom is -0.461 e. The summed E-state index contributed by atoms with van der Waals surface area (Å²) in [6.07, 6.45) is 7.82. The van der Waals surface area contributed by atoms with Crippen LogP contribution in [0.15, 0.2) is 43.0 Å². The number of halogens is 1. The highest BCUT2D eigenvalue weighted by Crippen LogP contribution is 2.29. The van der Waals surface area contributed by atoms with Crippen LogP contribution in [0.1, 0.15) is 52.2 Å². The molecule has 230 valence electrons. The molecule has 0 bridgehead atoms. The molecule has 5 rings (SSSR count). The van der Waals surface area contributed by atoms with Crippen LogP contribution in [-0.2, 0) is 19.1 Å². The maximum Gasteiger partial charge on any atom is 0.333 e. The number of benzene rings is 1. The van der Waals surface area contributed by atoms with E-state index in [9.17, 15) is 14.0 Å². The van der Waals surface area contributed by atoms with Gasteiger partial charge in [-0.2, -0.15) is 0 Å². The number of ether oxygens (including phenoxy) is 2. The fraction of sp³-hybridized carbons (Fsp3) is 0.500. The number of piperidine rings is 1. The number of rotatable bonds is 11. The van der Waals surface area contributed by atoms with Crippen molar-refractivity contribution >= 4 is 40.2 Å². The lowest BCUT2D eigenvalue weighted by molar-refractivity contribution is -0.139. The van der Waals surface area contributed by atoms with Crippen LogP contribution in [0.4, 0.5) is 21.6 Å². The zero-order chi connectivity index (χ0) is 30.3. The van der Waals surface area contributed by atoms with Crippen molar-refractivity contribution < 1.29 is 23.5 Å². The number of likely N-dealkylation sites (tertiary alicyclic amines) is 1. The Balaban J connectivity index is 1.21. The average molecular weight is 595 g/mol. The standard InChI is InChI=1S/C30H39FN8O4/c1-19(2)30(41)43-14-12-38-11-6-7-22(16-38)36-24-15-21(31)9-10-23(24)37-29(40)20(3)35-27-26-28(33-17-32-27)39(18-34-26)25-8-4-5-13-42-25/h9-10,15,17-18,20,22,25,36H,1,4-8,11-14,16H2,2-3H3,(H,37,40)(H,32,33,35)/t20-,22-,25?/m0/s1. The fourth-order valence-electron chi connectivity index (χ4n) is 5.35. The highest BCUT2D eigenvalue weighted by atomic mass is 19.1. The third-order valence-corrected chi connectivity index (χ3v) is 7.66. The van der Waals surface area contributed by atoms with E-state index in [2.05, 4.69) is 42.4 Å². The van der Waals surface area contributed by atoms with Gasteiger partial charge in [-0.25, -0.2) is 24.1 Å². The third kappa shape index (κ3) is 7.65. The molecule has 0 aliphatic carbocycles. The Morgan fingerprint density at radius 1 is 1.19 bits per heavy atom. The highest BCUT2D eigenvalue weighted by Gasteiger charge is 2.24. The fourth-order valence-corrected chi connectivity index (χ4v) is 5.35. The number of imidazole rings is 1. The number of esters is 1. The van der Waals surface area contributed by atoms with E-state index >= 15 is 0 Å². The molecule has 0 saturated carbocycles. The Kier molecular flexibility index (Phi) is 9.82. The predicted octanol–water partition coefficient (Wildman–Crippen LogP) is 4.10. The van der Waals surface area contributed by atoms with Gasteiger partial charge >= 0.3 is 5.97 Å². The van der Waals surface area contributed by atoms with Crippen LogP contribution in [0.5, 0.6) is 0 Å². The number of nitrogens with one attached hydrogen (secondary N) is 3. The summed E-state index contributed by atoms with van der Waals surface area (Å²) in [4.78, 5) is 40.4. The van der Waals surface area contributed by atoms with Gasteiger partial charge < -0.3 is 25.4 Å². The van der Waals surface area contributed by atoms with Crippen molar-refractivity contribution in [3.05, 3.63) is 48.8 Å². The van der Waals surface area contributed by atoms with Gasteiger partial charge in [0.1, 0.15) is 31.0 Å². The maximum absolute atomic E-state index is 14.3. The Morgan fingerprint density at radius 3 is 2.84 bits per heavy atom. The maximum atomic E-state index is 14.3. The number of carbonyl (C=O) groups is 2. The number of hydrogen-bond donors (Lipinski definition) is 3. The first-order valence-electron chi connectivity index (χ1n) is 14.8. The molecule has 3 aromatic rings. The normalized spacial score (nSPS) is 19.9. The molecule has 3 atom stereocenters. The van der Waals surface area contributed by atoms with E-state index in [4.69, 9.17) is 9.47 Å². The molecule has 2 fully saturated rings. The molecule has 43 heavy (non-hydrogen) atoms. The first-order valence-corrected chi connectivity index (χ1v) is 14.8.